The minimum atomic E-state index is 0.134. The van der Waals surface area contributed by atoms with Crippen LogP contribution in [0.5, 0.6) is 0 Å². The average Bonchev–Trinajstić information content (AvgIpc) is 3.76. The van der Waals surface area contributed by atoms with E-state index < -0.39 is 0 Å². The Bertz CT molecular complexity index is 2270. The number of nitrogens with zero attached hydrogens (tertiary/aromatic N) is 2. The van der Waals surface area contributed by atoms with Crippen molar-refractivity contribution in [2.75, 3.05) is 22.9 Å². The van der Waals surface area contributed by atoms with E-state index in [9.17, 15) is 0 Å². The molecule has 0 radical (unpaired) electrons. The summed E-state index contributed by atoms with van der Waals surface area (Å²) >= 11 is 0. The van der Waals surface area contributed by atoms with Crippen LogP contribution in [-0.4, -0.2) is 13.1 Å². The summed E-state index contributed by atoms with van der Waals surface area (Å²) in [6, 6.07) is 46.3. The van der Waals surface area contributed by atoms with E-state index in [-0.39, 0.29) is 5.41 Å². The van der Waals surface area contributed by atoms with E-state index in [2.05, 4.69) is 143 Å². The average molecular weight is 635 g/mol. The molecule has 4 aliphatic rings. The highest BCUT2D eigenvalue weighted by atomic mass is 15.1. The zero-order chi connectivity index (χ0) is 32.4. The lowest BCUT2D eigenvalue weighted by Gasteiger charge is -2.33. The molecule has 10 rings (SSSR count). The number of hydrogen-bond donors (Lipinski definition) is 0. The van der Waals surface area contributed by atoms with E-state index >= 15 is 0 Å². The highest BCUT2D eigenvalue weighted by Crippen LogP contribution is 2.58. The van der Waals surface area contributed by atoms with Crippen LogP contribution in [0.25, 0.3) is 34.1 Å². The van der Waals surface area contributed by atoms with Gasteiger partial charge in [-0.05, 0) is 136 Å². The smallest absolute Gasteiger partial charge is 0.0443 e. The van der Waals surface area contributed by atoms with Gasteiger partial charge in [-0.15, -0.1) is 0 Å². The van der Waals surface area contributed by atoms with Gasteiger partial charge in [0.2, 0.25) is 0 Å². The Morgan fingerprint density at radius 2 is 1.00 bits per heavy atom. The molecule has 6 aromatic carbocycles. The maximum Gasteiger partial charge on any atom is 0.0443 e. The first-order chi connectivity index (χ1) is 24.2. The van der Waals surface area contributed by atoms with Crippen molar-refractivity contribution in [1.29, 1.82) is 0 Å². The van der Waals surface area contributed by atoms with Crippen molar-refractivity contribution in [3.8, 4) is 11.1 Å². The molecule has 240 valence electrons. The number of hydrogen-bond acceptors (Lipinski definition) is 2. The molecule has 2 aliphatic carbocycles. The molecular weight excluding hydrogens is 593 g/mol. The zero-order valence-corrected chi connectivity index (χ0v) is 28.2. The molecule has 0 saturated heterocycles. The molecule has 1 spiro atoms. The fourth-order valence-corrected chi connectivity index (χ4v) is 9.61. The SMILES string of the molecule is C(=C\c1ccc2cc(N3CCCc4ccccc43)ccc2c1)/c1ccc2c(c1)C1(CCCC1)c1cc(N3CCCc4ccccc43)ccc1-2. The molecule has 0 amide bonds. The third-order valence-corrected chi connectivity index (χ3v) is 12.0. The van der Waals surface area contributed by atoms with Gasteiger partial charge in [0.1, 0.15) is 0 Å². The first kappa shape index (κ1) is 28.9. The second-order valence-corrected chi connectivity index (χ2v) is 14.7. The van der Waals surface area contributed by atoms with Gasteiger partial charge >= 0.3 is 0 Å². The fraction of sp³-hybridized carbons (Fsp3) is 0.234. The van der Waals surface area contributed by atoms with Crippen LogP contribution < -0.4 is 9.80 Å². The third-order valence-electron chi connectivity index (χ3n) is 12.0. The van der Waals surface area contributed by atoms with Crippen LogP contribution >= 0.6 is 0 Å². The van der Waals surface area contributed by atoms with Gasteiger partial charge < -0.3 is 9.80 Å². The maximum absolute atomic E-state index is 2.57. The van der Waals surface area contributed by atoms with Gasteiger partial charge in [-0.2, -0.15) is 0 Å². The summed E-state index contributed by atoms with van der Waals surface area (Å²) in [6.07, 6.45) is 14.5. The van der Waals surface area contributed by atoms with Gasteiger partial charge in [0.05, 0.1) is 0 Å². The molecule has 0 N–H and O–H groups in total. The zero-order valence-electron chi connectivity index (χ0n) is 28.2. The largest absolute Gasteiger partial charge is 0.341 e. The Morgan fingerprint density at radius 1 is 0.469 bits per heavy atom. The number of benzene rings is 6. The molecular formula is C47H42N2. The number of aryl methyl sites for hydroxylation is 2. The standard InChI is InChI=1S/C47H42N2/c1-3-13-45-35(9-1)11-7-27-48(45)39-21-20-37-29-33(17-19-38(37)31-39)15-16-34-18-23-41-42-24-22-40(49-28-8-12-36-10-2-4-14-46(36)49)32-44(42)47(43(41)30-34)25-5-6-26-47/h1-4,9-10,13-24,29-32H,5-8,11-12,25-28H2/b16-15+. The number of fused-ring (bicyclic) bond motifs is 8. The summed E-state index contributed by atoms with van der Waals surface area (Å²) in [7, 11) is 0. The second kappa shape index (κ2) is 11.5. The van der Waals surface area contributed by atoms with Gasteiger partial charge in [0.25, 0.3) is 0 Å². The van der Waals surface area contributed by atoms with Crippen LogP contribution in [0, 0.1) is 0 Å². The Labute approximate surface area is 290 Å². The summed E-state index contributed by atoms with van der Waals surface area (Å²) in [6.45, 7) is 2.16. The van der Waals surface area contributed by atoms with Crippen LogP contribution in [0.3, 0.4) is 0 Å². The van der Waals surface area contributed by atoms with E-state index in [1.807, 2.05) is 0 Å². The lowest BCUT2D eigenvalue weighted by atomic mass is 9.76. The normalized spacial score (nSPS) is 17.4. The fourth-order valence-electron chi connectivity index (χ4n) is 9.61. The van der Waals surface area contributed by atoms with E-state index in [1.54, 1.807) is 11.1 Å². The second-order valence-electron chi connectivity index (χ2n) is 14.7. The van der Waals surface area contributed by atoms with Crippen LogP contribution in [0.4, 0.5) is 22.7 Å². The number of para-hydroxylation sites is 2. The monoisotopic (exact) mass is 634 g/mol. The van der Waals surface area contributed by atoms with Crippen molar-refractivity contribution < 1.29 is 0 Å². The molecule has 0 atom stereocenters. The first-order valence-electron chi connectivity index (χ1n) is 18.5. The van der Waals surface area contributed by atoms with Crippen molar-refractivity contribution in [2.45, 2.75) is 56.8 Å². The quantitative estimate of drug-likeness (QED) is 0.178. The van der Waals surface area contributed by atoms with Gasteiger partial charge in [0, 0.05) is 41.3 Å². The molecule has 0 unspecified atom stereocenters. The summed E-state index contributed by atoms with van der Waals surface area (Å²) in [4.78, 5) is 5.05. The Morgan fingerprint density at radius 3 is 1.71 bits per heavy atom. The predicted molar refractivity (Wildman–Crippen MR) is 208 cm³/mol. The minimum Gasteiger partial charge on any atom is -0.341 e. The maximum atomic E-state index is 2.57. The van der Waals surface area contributed by atoms with Crippen LogP contribution in [-0.2, 0) is 18.3 Å². The van der Waals surface area contributed by atoms with Gasteiger partial charge in [-0.1, -0.05) is 104 Å². The van der Waals surface area contributed by atoms with Crippen LogP contribution in [0.15, 0.2) is 121 Å². The molecule has 2 nitrogen and oxygen atoms in total. The van der Waals surface area contributed by atoms with Crippen molar-refractivity contribution in [3.63, 3.8) is 0 Å². The molecule has 6 aromatic rings. The summed E-state index contributed by atoms with van der Waals surface area (Å²) in [5.41, 5.74) is 17.0. The summed E-state index contributed by atoms with van der Waals surface area (Å²) in [5, 5.41) is 2.58. The predicted octanol–water partition coefficient (Wildman–Crippen LogP) is 12.0. The van der Waals surface area contributed by atoms with Crippen molar-refractivity contribution in [1.82, 2.24) is 0 Å². The lowest BCUT2D eigenvalue weighted by molar-refractivity contribution is 0.549. The number of rotatable bonds is 4. The molecule has 0 aromatic heterocycles. The summed E-state index contributed by atoms with van der Waals surface area (Å²) in [5.74, 6) is 0. The van der Waals surface area contributed by atoms with Gasteiger partial charge in [0.15, 0.2) is 0 Å². The van der Waals surface area contributed by atoms with Crippen LogP contribution in [0.2, 0.25) is 0 Å². The molecule has 0 bridgehead atoms. The lowest BCUT2D eigenvalue weighted by Crippen LogP contribution is -2.25. The van der Waals surface area contributed by atoms with Gasteiger partial charge in [-0.25, -0.2) is 0 Å². The van der Waals surface area contributed by atoms with E-state index in [0.29, 0.717) is 0 Å². The Kier molecular flexibility index (Phi) is 6.79. The minimum absolute atomic E-state index is 0.134. The molecule has 1 fully saturated rings. The molecule has 2 heterocycles. The number of anilines is 4. The highest BCUT2D eigenvalue weighted by molar-refractivity contribution is 5.90. The van der Waals surface area contributed by atoms with Crippen molar-refractivity contribution in [2.24, 2.45) is 0 Å². The Hall–Kier alpha value is -5.08. The van der Waals surface area contributed by atoms with Crippen LogP contribution in [0.1, 0.15) is 71.9 Å². The van der Waals surface area contributed by atoms with E-state index in [4.69, 9.17) is 0 Å². The summed E-state index contributed by atoms with van der Waals surface area (Å²) < 4.78 is 0. The third kappa shape index (κ3) is 4.76. The van der Waals surface area contributed by atoms with E-state index in [1.165, 1.54) is 118 Å². The van der Waals surface area contributed by atoms with E-state index in [0.717, 1.165) is 13.1 Å². The highest BCUT2D eigenvalue weighted by Gasteiger charge is 2.45. The van der Waals surface area contributed by atoms with Crippen molar-refractivity contribution >= 4 is 45.7 Å². The van der Waals surface area contributed by atoms with Gasteiger partial charge in [-0.3, -0.25) is 0 Å². The van der Waals surface area contributed by atoms with Crippen molar-refractivity contribution in [3.05, 3.63) is 155 Å². The topological polar surface area (TPSA) is 6.48 Å². The molecule has 2 aliphatic heterocycles. The molecule has 2 heteroatoms. The molecule has 49 heavy (non-hydrogen) atoms. The molecule has 1 saturated carbocycles. The Balaban J connectivity index is 0.945. The first-order valence-corrected chi connectivity index (χ1v) is 18.5.